The number of aromatic carboxylic acids is 1. The van der Waals surface area contributed by atoms with Gasteiger partial charge in [-0.3, -0.25) is 4.72 Å². The molecule has 9 heteroatoms. The quantitative estimate of drug-likeness (QED) is 0.444. The van der Waals surface area contributed by atoms with E-state index in [9.17, 15) is 18.3 Å². The number of hydrogen-bond donors (Lipinski definition) is 2. The zero-order valence-corrected chi connectivity index (χ0v) is 18.4. The number of sulfonamides is 1. The summed E-state index contributed by atoms with van der Waals surface area (Å²) in [6.07, 6.45) is 0. The Balaban J connectivity index is 2.06. The van der Waals surface area contributed by atoms with Gasteiger partial charge in [0.1, 0.15) is 6.61 Å². The van der Waals surface area contributed by atoms with E-state index in [1.165, 1.54) is 32.4 Å². The van der Waals surface area contributed by atoms with Crippen LogP contribution in [0.15, 0.2) is 71.6 Å². The molecule has 0 saturated carbocycles. The average Bonchev–Trinajstić information content (AvgIpc) is 2.79. The lowest BCUT2D eigenvalue weighted by molar-refractivity contribution is 0.0697. The summed E-state index contributed by atoms with van der Waals surface area (Å²) in [5.41, 5.74) is 0.781. The Kier molecular flexibility index (Phi) is 7.34. The number of rotatable bonds is 10. The topological polar surface area (TPSA) is 111 Å². The molecule has 0 amide bonds. The van der Waals surface area contributed by atoms with Crippen molar-refractivity contribution in [1.29, 1.82) is 0 Å². The number of ether oxygens (including phenoxy) is 3. The number of nitrogens with one attached hydrogen (secondary N) is 1. The van der Waals surface area contributed by atoms with E-state index in [1.807, 2.05) is 18.2 Å². The predicted octanol–water partition coefficient (Wildman–Crippen LogP) is 3.89. The molecule has 8 nitrogen and oxygen atoms in total. The molecule has 0 atom stereocenters. The first-order valence-corrected chi connectivity index (χ1v) is 11.1. The van der Waals surface area contributed by atoms with Crippen molar-refractivity contribution in [1.82, 2.24) is 0 Å². The molecule has 32 heavy (non-hydrogen) atoms. The van der Waals surface area contributed by atoms with E-state index in [-0.39, 0.29) is 40.9 Å². The molecule has 2 N–H and O–H groups in total. The summed E-state index contributed by atoms with van der Waals surface area (Å²) in [5, 5.41) is 9.64. The molecule has 168 valence electrons. The highest BCUT2D eigenvalue weighted by Crippen LogP contribution is 2.36. The van der Waals surface area contributed by atoms with Crippen molar-refractivity contribution in [3.05, 3.63) is 72.3 Å². The molecular weight excluding hydrogens is 434 g/mol. The van der Waals surface area contributed by atoms with Gasteiger partial charge in [-0.1, -0.05) is 48.5 Å². The first-order chi connectivity index (χ1) is 15.4. The molecule has 0 aromatic heterocycles. The third kappa shape index (κ3) is 5.19. The molecule has 0 spiro atoms. The van der Waals surface area contributed by atoms with Gasteiger partial charge in [-0.05, 0) is 11.6 Å². The molecule has 0 unspecified atom stereocenters. The van der Waals surface area contributed by atoms with Crippen molar-refractivity contribution in [2.75, 3.05) is 32.2 Å². The lowest BCUT2D eigenvalue weighted by atomic mass is 10.1. The van der Waals surface area contributed by atoms with Crippen molar-refractivity contribution in [2.45, 2.75) is 4.90 Å². The van der Waals surface area contributed by atoms with Crippen LogP contribution in [0.3, 0.4) is 0 Å². The summed E-state index contributed by atoms with van der Waals surface area (Å²) in [6, 6.07) is 18.0. The molecular formula is C23H23NO7S. The molecule has 3 aromatic rings. The second kappa shape index (κ2) is 10.2. The van der Waals surface area contributed by atoms with Crippen LogP contribution in [0.5, 0.6) is 11.5 Å². The van der Waals surface area contributed by atoms with Crippen molar-refractivity contribution < 1.29 is 32.5 Å². The first-order valence-electron chi connectivity index (χ1n) is 9.61. The summed E-state index contributed by atoms with van der Waals surface area (Å²) in [5.74, 6) is -0.976. The Morgan fingerprint density at radius 2 is 1.62 bits per heavy atom. The first kappa shape index (κ1) is 23.1. The molecule has 0 saturated heterocycles. The van der Waals surface area contributed by atoms with Crippen LogP contribution in [-0.2, 0) is 14.8 Å². The second-order valence-corrected chi connectivity index (χ2v) is 8.31. The number of methoxy groups -OCH3 is 2. The van der Waals surface area contributed by atoms with Crippen LogP contribution >= 0.6 is 0 Å². The minimum absolute atomic E-state index is 0.0141. The molecule has 3 rings (SSSR count). The third-order valence-corrected chi connectivity index (χ3v) is 6.01. The molecule has 0 bridgehead atoms. The Hall–Kier alpha value is -3.56. The Morgan fingerprint density at radius 1 is 0.938 bits per heavy atom. The number of carboxylic acids is 1. The zero-order chi connectivity index (χ0) is 23.1. The Morgan fingerprint density at radius 3 is 2.28 bits per heavy atom. The number of hydrogen-bond acceptors (Lipinski definition) is 6. The van der Waals surface area contributed by atoms with E-state index in [0.29, 0.717) is 11.1 Å². The van der Waals surface area contributed by atoms with E-state index >= 15 is 0 Å². The van der Waals surface area contributed by atoms with Gasteiger partial charge in [0.15, 0.2) is 11.5 Å². The highest BCUT2D eigenvalue weighted by molar-refractivity contribution is 7.92. The van der Waals surface area contributed by atoms with Crippen LogP contribution in [0, 0.1) is 0 Å². The molecule has 0 aliphatic rings. The minimum atomic E-state index is -4.14. The zero-order valence-electron chi connectivity index (χ0n) is 17.6. The molecule has 0 aliphatic carbocycles. The maximum atomic E-state index is 13.3. The molecule has 0 aliphatic heterocycles. The molecule has 0 fully saturated rings. The standard InChI is InChI=1S/C23H23NO7S/c1-29-12-13-31-21-15-19(18(23(25)26)14-20(21)30-2)24-32(27,28)22-11-7-6-10-17(22)16-8-4-3-5-9-16/h3-11,14-15,24H,12-13H2,1-2H3,(H,25,26). The van der Waals surface area contributed by atoms with Crippen LogP contribution in [0.4, 0.5) is 5.69 Å². The van der Waals surface area contributed by atoms with Gasteiger partial charge in [0, 0.05) is 24.8 Å². The Labute approximate surface area is 186 Å². The van der Waals surface area contributed by atoms with Gasteiger partial charge in [-0.2, -0.15) is 0 Å². The van der Waals surface area contributed by atoms with E-state index in [4.69, 9.17) is 14.2 Å². The van der Waals surface area contributed by atoms with Crippen LogP contribution in [-0.4, -0.2) is 46.9 Å². The van der Waals surface area contributed by atoms with E-state index in [1.54, 1.807) is 30.3 Å². The van der Waals surface area contributed by atoms with Gasteiger partial charge < -0.3 is 19.3 Å². The summed E-state index contributed by atoms with van der Waals surface area (Å²) in [7, 11) is -1.27. The number of anilines is 1. The second-order valence-electron chi connectivity index (χ2n) is 6.66. The van der Waals surface area contributed by atoms with Crippen LogP contribution in [0.25, 0.3) is 11.1 Å². The average molecular weight is 458 g/mol. The summed E-state index contributed by atoms with van der Waals surface area (Å²) in [6.45, 7) is 0.456. The summed E-state index contributed by atoms with van der Waals surface area (Å²) < 4.78 is 44.7. The highest BCUT2D eigenvalue weighted by atomic mass is 32.2. The van der Waals surface area contributed by atoms with Crippen molar-refractivity contribution in [3.63, 3.8) is 0 Å². The lowest BCUT2D eigenvalue weighted by Gasteiger charge is -2.17. The largest absolute Gasteiger partial charge is 0.493 e. The SMILES string of the molecule is COCCOc1cc(NS(=O)(=O)c2ccccc2-c2ccccc2)c(C(=O)O)cc1OC. The van der Waals surface area contributed by atoms with Gasteiger partial charge in [0.2, 0.25) is 0 Å². The maximum Gasteiger partial charge on any atom is 0.337 e. The maximum absolute atomic E-state index is 13.3. The predicted molar refractivity (Wildman–Crippen MR) is 120 cm³/mol. The fourth-order valence-electron chi connectivity index (χ4n) is 3.09. The molecule has 0 radical (unpaired) electrons. The van der Waals surface area contributed by atoms with Crippen molar-refractivity contribution in [2.24, 2.45) is 0 Å². The number of carboxylic acid groups (broad SMARTS) is 1. The monoisotopic (exact) mass is 457 g/mol. The van der Waals surface area contributed by atoms with Crippen LogP contribution in [0.2, 0.25) is 0 Å². The molecule has 3 aromatic carbocycles. The third-order valence-electron chi connectivity index (χ3n) is 4.58. The van der Waals surface area contributed by atoms with Crippen molar-refractivity contribution >= 4 is 21.7 Å². The van der Waals surface area contributed by atoms with Gasteiger partial charge in [-0.15, -0.1) is 0 Å². The van der Waals surface area contributed by atoms with Crippen LogP contribution in [0.1, 0.15) is 10.4 Å². The molecule has 0 heterocycles. The van der Waals surface area contributed by atoms with Gasteiger partial charge in [-0.25, -0.2) is 13.2 Å². The fourth-order valence-corrected chi connectivity index (χ4v) is 4.39. The smallest absolute Gasteiger partial charge is 0.337 e. The van der Waals surface area contributed by atoms with Gasteiger partial charge in [0.25, 0.3) is 10.0 Å². The van der Waals surface area contributed by atoms with Crippen molar-refractivity contribution in [3.8, 4) is 22.6 Å². The van der Waals surface area contributed by atoms with E-state index < -0.39 is 16.0 Å². The van der Waals surface area contributed by atoms with Gasteiger partial charge in [0.05, 0.1) is 29.9 Å². The van der Waals surface area contributed by atoms with Gasteiger partial charge >= 0.3 is 5.97 Å². The fraction of sp³-hybridized carbons (Fsp3) is 0.174. The highest BCUT2D eigenvalue weighted by Gasteiger charge is 2.24. The Bertz CT molecular complexity index is 1190. The summed E-state index contributed by atoms with van der Waals surface area (Å²) >= 11 is 0. The number of benzene rings is 3. The summed E-state index contributed by atoms with van der Waals surface area (Å²) in [4.78, 5) is 11.8. The lowest BCUT2D eigenvalue weighted by Crippen LogP contribution is -2.17. The normalized spacial score (nSPS) is 11.1. The minimum Gasteiger partial charge on any atom is -0.493 e. The van der Waals surface area contributed by atoms with E-state index in [0.717, 1.165) is 0 Å². The van der Waals surface area contributed by atoms with E-state index in [2.05, 4.69) is 4.72 Å². The van der Waals surface area contributed by atoms with Crippen LogP contribution < -0.4 is 14.2 Å². The number of carbonyl (C=O) groups is 1.